The molecule has 1 unspecified atom stereocenters. The highest BCUT2D eigenvalue weighted by molar-refractivity contribution is 5.75. The predicted molar refractivity (Wildman–Crippen MR) is 182 cm³/mol. The average Bonchev–Trinajstić information content (AvgIpc) is 3.86. The third-order valence-corrected chi connectivity index (χ3v) is 6.11. The predicted octanol–water partition coefficient (Wildman–Crippen LogP) is 7.40. The van der Waals surface area contributed by atoms with E-state index < -0.39 is 0 Å². The van der Waals surface area contributed by atoms with E-state index in [0.29, 0.717) is 0 Å². The topological polar surface area (TPSA) is 101 Å². The van der Waals surface area contributed by atoms with E-state index in [2.05, 4.69) is 92.4 Å². The van der Waals surface area contributed by atoms with Gasteiger partial charge in [0.1, 0.15) is 11.6 Å². The maximum Gasteiger partial charge on any atom is 0.204 e. The number of amides is 1. The summed E-state index contributed by atoms with van der Waals surface area (Å²) < 4.78 is 5.48. The first-order valence-electron chi connectivity index (χ1n) is 15.2. The maximum atomic E-state index is 9.42. The minimum absolute atomic E-state index is 0.0549. The number of nitrogens with one attached hydrogen (secondary N) is 1. The van der Waals surface area contributed by atoms with Gasteiger partial charge in [0.25, 0.3) is 0 Å². The Kier molecular flexibility index (Phi) is 21.3. The highest BCUT2D eigenvalue weighted by atomic mass is 16.5. The summed E-state index contributed by atoms with van der Waals surface area (Å²) in [5.41, 5.74) is 10.1. The van der Waals surface area contributed by atoms with Gasteiger partial charge in [-0.15, -0.1) is 0 Å². The Balaban J connectivity index is 0.000000927. The standard InChI is InChI=1S/C22H29N3O2.C7H10.C3H8.C2H6.CH3NO/c1-4-5-18-7-6-16(2)20(12-18)19-13-21(23-17(3)15-26)24-22(14-19)25-8-10-27-11-9-25;1-3-6(2)7-4-5-7;1-3-2;1-2;2-1-3/h4-7,12-14,17,26H,8-11,15H2,1-3H3,(H,23,24);3,7H,1-2,4-5H2;3H2,1-2H3;1-2H3;1H,(H2,2,3)/b5-4+;;;;. The Morgan fingerprint density at radius 3 is 2.29 bits per heavy atom. The fraction of sp³-hybridized carbons (Fsp3) is 0.486. The van der Waals surface area contributed by atoms with Crippen molar-refractivity contribution in [1.29, 1.82) is 0 Å². The second kappa shape index (κ2) is 23.2. The molecule has 0 bridgehead atoms. The van der Waals surface area contributed by atoms with Gasteiger partial charge in [-0.1, -0.05) is 83.2 Å². The van der Waals surface area contributed by atoms with Crippen LogP contribution in [0.25, 0.3) is 17.2 Å². The number of aliphatic hydroxyl groups is 1. The van der Waals surface area contributed by atoms with Gasteiger partial charge in [0.2, 0.25) is 6.41 Å². The molecule has 1 aliphatic heterocycles. The molecule has 0 radical (unpaired) electrons. The molecule has 1 saturated heterocycles. The number of benzene rings is 1. The SMILES string of the molecule is C/C=C/c1ccc(C)c(-c2cc(NC(C)CO)nc(N3CCOCC3)c2)c1.C=CC(=C)C1CC1.CC.CCC.NC=O. The van der Waals surface area contributed by atoms with Crippen molar-refractivity contribution < 1.29 is 14.6 Å². The van der Waals surface area contributed by atoms with Crippen molar-refractivity contribution in [2.45, 2.75) is 73.8 Å². The highest BCUT2D eigenvalue weighted by Gasteiger charge is 2.22. The van der Waals surface area contributed by atoms with E-state index in [-0.39, 0.29) is 19.1 Å². The van der Waals surface area contributed by atoms with E-state index >= 15 is 0 Å². The highest BCUT2D eigenvalue weighted by Crippen LogP contribution is 2.35. The molecule has 1 saturated carbocycles. The van der Waals surface area contributed by atoms with Crippen LogP contribution in [-0.4, -0.2) is 55.5 Å². The van der Waals surface area contributed by atoms with Gasteiger partial charge in [-0.25, -0.2) is 4.98 Å². The largest absolute Gasteiger partial charge is 0.394 e. The van der Waals surface area contributed by atoms with Gasteiger partial charge in [0, 0.05) is 19.1 Å². The summed E-state index contributed by atoms with van der Waals surface area (Å²) in [5.74, 6) is 2.53. The van der Waals surface area contributed by atoms with Gasteiger partial charge >= 0.3 is 0 Å². The number of hydrogen-bond donors (Lipinski definition) is 3. The molecule has 1 atom stereocenters. The molecule has 7 heteroatoms. The van der Waals surface area contributed by atoms with Gasteiger partial charge in [-0.3, -0.25) is 4.79 Å². The quantitative estimate of drug-likeness (QED) is 0.222. The second-order valence-electron chi connectivity index (χ2n) is 9.90. The van der Waals surface area contributed by atoms with Crippen LogP contribution in [0.5, 0.6) is 0 Å². The van der Waals surface area contributed by atoms with Gasteiger partial charge < -0.3 is 25.8 Å². The third-order valence-electron chi connectivity index (χ3n) is 6.11. The zero-order valence-corrected chi connectivity index (χ0v) is 27.2. The van der Waals surface area contributed by atoms with Gasteiger partial charge in [0.15, 0.2) is 0 Å². The van der Waals surface area contributed by atoms with Crippen molar-refractivity contribution >= 4 is 24.1 Å². The van der Waals surface area contributed by atoms with Crippen LogP contribution in [0, 0.1) is 12.8 Å². The van der Waals surface area contributed by atoms with Crippen LogP contribution in [0.2, 0.25) is 0 Å². The first kappa shape index (κ1) is 38.6. The minimum Gasteiger partial charge on any atom is -0.394 e. The molecule has 2 aliphatic rings. The zero-order valence-electron chi connectivity index (χ0n) is 27.2. The number of carbonyl (C=O) groups excluding carboxylic acids is 1. The van der Waals surface area contributed by atoms with E-state index in [1.165, 1.54) is 41.5 Å². The second-order valence-corrected chi connectivity index (χ2v) is 9.90. The summed E-state index contributed by atoms with van der Waals surface area (Å²) in [4.78, 5) is 15.6. The van der Waals surface area contributed by atoms with Crippen molar-refractivity contribution in [3.63, 3.8) is 0 Å². The number of nitrogens with zero attached hydrogens (tertiary/aromatic N) is 2. The summed E-state index contributed by atoms with van der Waals surface area (Å²) in [6, 6.07) is 10.7. The summed E-state index contributed by atoms with van der Waals surface area (Å²) in [6.45, 7) is 25.0. The van der Waals surface area contributed by atoms with Crippen molar-refractivity contribution in [1.82, 2.24) is 4.98 Å². The molecule has 7 nitrogen and oxygen atoms in total. The molecule has 1 aliphatic carbocycles. The number of allylic oxidation sites excluding steroid dienone is 3. The third kappa shape index (κ3) is 15.0. The molecule has 4 N–H and O–H groups in total. The lowest BCUT2D eigenvalue weighted by Crippen LogP contribution is -2.37. The lowest BCUT2D eigenvalue weighted by molar-refractivity contribution is -0.106. The first-order valence-corrected chi connectivity index (χ1v) is 15.2. The fourth-order valence-corrected chi connectivity index (χ4v) is 3.87. The molecular formula is C35H56N4O3. The normalized spacial score (nSPS) is 14.2. The number of pyridine rings is 1. The van der Waals surface area contributed by atoms with Crippen molar-refractivity contribution in [3.05, 3.63) is 72.3 Å². The molecule has 1 amide bonds. The summed E-state index contributed by atoms with van der Waals surface area (Å²) >= 11 is 0. The molecule has 4 rings (SSSR count). The van der Waals surface area contributed by atoms with E-state index in [0.717, 1.165) is 49.4 Å². The van der Waals surface area contributed by atoms with E-state index in [1.807, 2.05) is 33.8 Å². The van der Waals surface area contributed by atoms with Crippen LogP contribution < -0.4 is 16.0 Å². The molecule has 2 aromatic rings. The number of nitrogens with two attached hydrogens (primary N) is 1. The number of carbonyl (C=O) groups is 1. The molecule has 1 aromatic carbocycles. The van der Waals surface area contributed by atoms with E-state index in [9.17, 15) is 5.11 Å². The molecular weight excluding hydrogens is 524 g/mol. The van der Waals surface area contributed by atoms with Gasteiger partial charge in [-0.2, -0.15) is 0 Å². The Bertz CT molecular complexity index is 1070. The Hall–Kier alpha value is -3.42. The molecule has 2 heterocycles. The lowest BCUT2D eigenvalue weighted by Gasteiger charge is -2.29. The molecule has 1 aromatic heterocycles. The van der Waals surface area contributed by atoms with Gasteiger partial charge in [-0.05, 0) is 80.0 Å². The lowest BCUT2D eigenvalue weighted by atomic mass is 9.98. The number of aryl methyl sites for hydroxylation is 1. The van der Waals surface area contributed by atoms with Gasteiger partial charge in [0.05, 0.1) is 19.8 Å². The van der Waals surface area contributed by atoms with Crippen molar-refractivity contribution in [2.24, 2.45) is 11.7 Å². The van der Waals surface area contributed by atoms with Crippen LogP contribution in [0.4, 0.5) is 11.6 Å². The number of morpholine rings is 1. The summed E-state index contributed by atoms with van der Waals surface area (Å²) in [5, 5.41) is 12.7. The van der Waals surface area contributed by atoms with Crippen molar-refractivity contribution in [3.8, 4) is 11.1 Å². The average molecular weight is 581 g/mol. The molecule has 0 spiro atoms. The molecule has 42 heavy (non-hydrogen) atoms. The number of aliphatic hydroxyl groups excluding tert-OH is 1. The first-order chi connectivity index (χ1) is 20.3. The minimum atomic E-state index is -0.0549. The fourth-order valence-electron chi connectivity index (χ4n) is 3.87. The number of ether oxygens (including phenoxy) is 1. The van der Waals surface area contributed by atoms with Crippen LogP contribution in [0.1, 0.15) is 71.9 Å². The van der Waals surface area contributed by atoms with Crippen LogP contribution in [-0.2, 0) is 9.53 Å². The van der Waals surface area contributed by atoms with Crippen LogP contribution in [0.3, 0.4) is 0 Å². The Morgan fingerprint density at radius 1 is 1.21 bits per heavy atom. The smallest absolute Gasteiger partial charge is 0.204 e. The molecule has 2 fully saturated rings. The zero-order chi connectivity index (χ0) is 31.9. The number of hydrogen-bond acceptors (Lipinski definition) is 6. The Labute approximate surface area is 255 Å². The summed E-state index contributed by atoms with van der Waals surface area (Å²) in [7, 11) is 0. The maximum absolute atomic E-state index is 9.42. The van der Waals surface area contributed by atoms with Crippen LogP contribution in [0.15, 0.2) is 61.2 Å². The van der Waals surface area contributed by atoms with Crippen molar-refractivity contribution in [2.75, 3.05) is 43.1 Å². The van der Waals surface area contributed by atoms with E-state index in [4.69, 9.17) is 14.5 Å². The number of aromatic nitrogens is 1. The summed E-state index contributed by atoms with van der Waals surface area (Å²) in [6.07, 6.45) is 10.2. The number of primary amides is 1. The number of rotatable bonds is 8. The molecule has 234 valence electrons. The van der Waals surface area contributed by atoms with Crippen LogP contribution >= 0.6 is 0 Å². The van der Waals surface area contributed by atoms with E-state index in [1.54, 1.807) is 0 Å². The monoisotopic (exact) mass is 580 g/mol. The Morgan fingerprint density at radius 2 is 1.81 bits per heavy atom. The number of anilines is 2.